The SMILES string of the molecule is Cc1cnc2ccc([C@H](C)N3C[C@H](C)N(c4nc(=O)n(C)c5c[nH]nc45)C[C@H]3C)cc2n1. The molecule has 3 atom stereocenters. The molecule has 9 heteroatoms. The molecule has 1 fully saturated rings. The van der Waals surface area contributed by atoms with E-state index in [0.29, 0.717) is 5.82 Å². The van der Waals surface area contributed by atoms with E-state index in [2.05, 4.69) is 73.9 Å². The normalized spacial score (nSPS) is 20.8. The second kappa shape index (κ2) is 7.67. The van der Waals surface area contributed by atoms with Crippen LogP contribution in [-0.4, -0.2) is 59.8 Å². The van der Waals surface area contributed by atoms with Crippen LogP contribution in [0.2, 0.25) is 0 Å². The van der Waals surface area contributed by atoms with E-state index in [1.807, 2.05) is 6.92 Å². The molecule has 32 heavy (non-hydrogen) atoms. The Kier molecular flexibility index (Phi) is 4.93. The van der Waals surface area contributed by atoms with Crippen LogP contribution >= 0.6 is 0 Å². The van der Waals surface area contributed by atoms with E-state index in [-0.39, 0.29) is 23.8 Å². The molecule has 0 radical (unpaired) electrons. The third kappa shape index (κ3) is 3.33. The van der Waals surface area contributed by atoms with Gasteiger partial charge in [-0.2, -0.15) is 10.1 Å². The Bertz CT molecular complexity index is 1360. The third-order valence-corrected chi connectivity index (χ3v) is 6.65. The summed E-state index contributed by atoms with van der Waals surface area (Å²) in [6.07, 6.45) is 3.55. The molecule has 5 rings (SSSR count). The minimum absolute atomic E-state index is 0.177. The van der Waals surface area contributed by atoms with Gasteiger partial charge in [0.15, 0.2) is 11.3 Å². The first-order valence-electron chi connectivity index (χ1n) is 11.0. The fourth-order valence-corrected chi connectivity index (χ4v) is 4.79. The van der Waals surface area contributed by atoms with E-state index in [9.17, 15) is 4.79 Å². The van der Waals surface area contributed by atoms with Crippen molar-refractivity contribution in [2.75, 3.05) is 18.0 Å². The van der Waals surface area contributed by atoms with Crippen molar-refractivity contribution in [3.63, 3.8) is 0 Å². The summed E-state index contributed by atoms with van der Waals surface area (Å²) in [5.74, 6) is 0.660. The Balaban J connectivity index is 1.44. The quantitative estimate of drug-likeness (QED) is 0.531. The van der Waals surface area contributed by atoms with Gasteiger partial charge in [0.05, 0.1) is 22.2 Å². The zero-order chi connectivity index (χ0) is 22.6. The first-order valence-corrected chi connectivity index (χ1v) is 11.0. The molecule has 0 amide bonds. The molecule has 4 aromatic rings. The van der Waals surface area contributed by atoms with Gasteiger partial charge >= 0.3 is 5.69 Å². The predicted octanol–water partition coefficient (Wildman–Crippen LogP) is 2.57. The maximum absolute atomic E-state index is 12.4. The van der Waals surface area contributed by atoms with E-state index in [1.54, 1.807) is 19.4 Å². The standard InChI is InChI=1S/C23H28N8O/c1-13-9-24-18-7-6-17(8-19(18)26-13)16(4)30-11-15(3)31(12-14(30)2)22-21-20(10-25-28-21)29(5)23(32)27-22/h6-10,14-16H,11-12H2,1-5H3,(H,25,28)/t14-,15+,16+/m1/s1. The molecule has 1 aliphatic rings. The molecule has 1 saturated heterocycles. The molecule has 166 valence electrons. The van der Waals surface area contributed by atoms with Gasteiger partial charge in [-0.05, 0) is 45.4 Å². The van der Waals surface area contributed by atoms with Gasteiger partial charge in [0.25, 0.3) is 0 Å². The monoisotopic (exact) mass is 432 g/mol. The first kappa shape index (κ1) is 20.6. The van der Waals surface area contributed by atoms with Gasteiger partial charge in [0.2, 0.25) is 0 Å². The maximum Gasteiger partial charge on any atom is 0.349 e. The van der Waals surface area contributed by atoms with Crippen LogP contribution in [0.25, 0.3) is 22.1 Å². The Morgan fingerprint density at radius 3 is 2.75 bits per heavy atom. The molecule has 1 N–H and O–H groups in total. The van der Waals surface area contributed by atoms with E-state index in [4.69, 9.17) is 0 Å². The lowest BCUT2D eigenvalue weighted by atomic mass is 10.00. The molecule has 0 saturated carbocycles. The van der Waals surface area contributed by atoms with E-state index >= 15 is 0 Å². The zero-order valence-corrected chi connectivity index (χ0v) is 19.1. The lowest BCUT2D eigenvalue weighted by molar-refractivity contribution is 0.119. The number of hydrogen-bond acceptors (Lipinski definition) is 7. The Labute approximate surface area is 186 Å². The second-order valence-electron chi connectivity index (χ2n) is 8.88. The first-order chi connectivity index (χ1) is 15.3. The Morgan fingerprint density at radius 1 is 1.12 bits per heavy atom. The van der Waals surface area contributed by atoms with Gasteiger partial charge < -0.3 is 4.90 Å². The molecule has 9 nitrogen and oxygen atoms in total. The van der Waals surface area contributed by atoms with Crippen molar-refractivity contribution in [1.29, 1.82) is 0 Å². The van der Waals surface area contributed by atoms with Crippen molar-refractivity contribution in [3.05, 3.63) is 52.3 Å². The molecular weight excluding hydrogens is 404 g/mol. The zero-order valence-electron chi connectivity index (χ0n) is 19.1. The van der Waals surface area contributed by atoms with Crippen molar-refractivity contribution >= 4 is 27.9 Å². The number of nitrogens with zero attached hydrogens (tertiary/aromatic N) is 7. The van der Waals surface area contributed by atoms with E-state index < -0.39 is 0 Å². The van der Waals surface area contributed by atoms with Crippen molar-refractivity contribution in [3.8, 4) is 0 Å². The van der Waals surface area contributed by atoms with Gasteiger partial charge in [-0.25, -0.2) is 9.78 Å². The molecule has 0 bridgehead atoms. The largest absolute Gasteiger partial charge is 0.349 e. The highest BCUT2D eigenvalue weighted by Crippen LogP contribution is 2.31. The van der Waals surface area contributed by atoms with E-state index in [1.165, 1.54) is 10.1 Å². The highest BCUT2D eigenvalue weighted by Gasteiger charge is 2.34. The smallest absolute Gasteiger partial charge is 0.349 e. The van der Waals surface area contributed by atoms with Crippen molar-refractivity contribution in [1.82, 2.24) is 34.6 Å². The second-order valence-corrected chi connectivity index (χ2v) is 8.88. The molecule has 0 unspecified atom stereocenters. The minimum Gasteiger partial charge on any atom is -0.349 e. The summed E-state index contributed by atoms with van der Waals surface area (Å²) in [4.78, 5) is 30.6. The van der Waals surface area contributed by atoms with Crippen LogP contribution in [-0.2, 0) is 7.05 Å². The van der Waals surface area contributed by atoms with Gasteiger partial charge in [-0.1, -0.05) is 6.07 Å². The van der Waals surface area contributed by atoms with Crippen LogP contribution in [0.5, 0.6) is 0 Å². The van der Waals surface area contributed by atoms with Crippen molar-refractivity contribution in [2.24, 2.45) is 7.05 Å². The molecule has 0 aliphatic carbocycles. The summed E-state index contributed by atoms with van der Waals surface area (Å²) in [6.45, 7) is 10.2. The van der Waals surface area contributed by atoms with Gasteiger partial charge in [0.1, 0.15) is 0 Å². The summed E-state index contributed by atoms with van der Waals surface area (Å²) < 4.78 is 1.53. The molecule has 4 heterocycles. The topological polar surface area (TPSA) is 95.8 Å². The summed E-state index contributed by atoms with van der Waals surface area (Å²) in [5, 5.41) is 7.26. The number of aromatic amines is 1. The van der Waals surface area contributed by atoms with Crippen LogP contribution in [0.3, 0.4) is 0 Å². The fourth-order valence-electron chi connectivity index (χ4n) is 4.79. The average molecular weight is 433 g/mol. The molecule has 1 aromatic carbocycles. The number of H-pyrrole nitrogens is 1. The third-order valence-electron chi connectivity index (χ3n) is 6.65. The highest BCUT2D eigenvalue weighted by atomic mass is 16.1. The number of hydrogen-bond donors (Lipinski definition) is 1. The van der Waals surface area contributed by atoms with Crippen LogP contribution in [0.4, 0.5) is 5.82 Å². The minimum atomic E-state index is -0.267. The highest BCUT2D eigenvalue weighted by molar-refractivity contribution is 5.85. The van der Waals surface area contributed by atoms with Gasteiger partial charge in [0, 0.05) is 50.7 Å². The molecule has 3 aromatic heterocycles. The molecule has 1 aliphatic heterocycles. The van der Waals surface area contributed by atoms with Crippen LogP contribution in [0, 0.1) is 6.92 Å². The number of benzene rings is 1. The average Bonchev–Trinajstić information content (AvgIpc) is 3.27. The molecule has 0 spiro atoms. The fraction of sp³-hybridized carbons (Fsp3) is 0.435. The lowest BCUT2D eigenvalue weighted by Gasteiger charge is -2.47. The van der Waals surface area contributed by atoms with Gasteiger partial charge in [-0.15, -0.1) is 0 Å². The Morgan fingerprint density at radius 2 is 1.94 bits per heavy atom. The number of piperazine rings is 1. The summed E-state index contributed by atoms with van der Waals surface area (Å²) in [5.41, 5.74) is 5.23. The van der Waals surface area contributed by atoms with Crippen LogP contribution in [0.15, 0.2) is 35.4 Å². The number of nitrogens with one attached hydrogen (secondary N) is 1. The number of rotatable bonds is 3. The van der Waals surface area contributed by atoms with Crippen molar-refractivity contribution < 1.29 is 0 Å². The molecular formula is C23H28N8O. The summed E-state index contributed by atoms with van der Waals surface area (Å²) in [7, 11) is 1.72. The van der Waals surface area contributed by atoms with Crippen molar-refractivity contribution in [2.45, 2.75) is 45.8 Å². The summed E-state index contributed by atoms with van der Waals surface area (Å²) >= 11 is 0. The number of anilines is 1. The number of aromatic nitrogens is 6. The number of aryl methyl sites for hydroxylation is 2. The predicted molar refractivity (Wildman–Crippen MR) is 125 cm³/mol. The van der Waals surface area contributed by atoms with Crippen LogP contribution < -0.4 is 10.6 Å². The number of fused-ring (bicyclic) bond motifs is 2. The lowest BCUT2D eigenvalue weighted by Crippen LogP contribution is -2.57. The van der Waals surface area contributed by atoms with Gasteiger partial charge in [-0.3, -0.25) is 19.5 Å². The Hall–Kier alpha value is -3.33. The van der Waals surface area contributed by atoms with Crippen LogP contribution in [0.1, 0.15) is 38.1 Å². The van der Waals surface area contributed by atoms with E-state index in [0.717, 1.165) is 40.9 Å². The summed E-state index contributed by atoms with van der Waals surface area (Å²) in [6, 6.07) is 7.02. The maximum atomic E-state index is 12.4.